The van der Waals surface area contributed by atoms with E-state index in [9.17, 15) is 29.8 Å². The van der Waals surface area contributed by atoms with Gasteiger partial charge in [-0.3, -0.25) is 35.0 Å². The Bertz CT molecular complexity index is 1120. The van der Waals surface area contributed by atoms with Crippen LogP contribution in [0.3, 0.4) is 0 Å². The van der Waals surface area contributed by atoms with Gasteiger partial charge in [0.1, 0.15) is 17.0 Å². The minimum absolute atomic E-state index is 0.0808. The molecule has 2 N–H and O–H groups in total. The van der Waals surface area contributed by atoms with Crippen molar-refractivity contribution in [2.24, 2.45) is 5.10 Å². The smallest absolute Gasteiger partial charge is 0.342 e. The largest absolute Gasteiger partial charge is 0.477 e. The zero-order valence-electron chi connectivity index (χ0n) is 14.9. The topological polar surface area (TPSA) is 183 Å². The van der Waals surface area contributed by atoms with E-state index < -0.39 is 38.3 Å². The van der Waals surface area contributed by atoms with Crippen molar-refractivity contribution < 1.29 is 19.7 Å². The molecule has 0 spiro atoms. The summed E-state index contributed by atoms with van der Waals surface area (Å²) >= 11 is 0. The number of aromatic carboxylic acids is 1. The number of nitro benzene ring substituents is 2. The highest BCUT2D eigenvalue weighted by atomic mass is 16.6. The van der Waals surface area contributed by atoms with E-state index in [2.05, 4.69) is 15.5 Å². The van der Waals surface area contributed by atoms with Crippen molar-refractivity contribution in [3.8, 4) is 0 Å². The second-order valence-corrected chi connectivity index (χ2v) is 6.25. The molecule has 1 unspecified atom stereocenters. The van der Waals surface area contributed by atoms with Crippen molar-refractivity contribution in [2.45, 2.75) is 25.8 Å². The van der Waals surface area contributed by atoms with Crippen LogP contribution < -0.4 is 11.0 Å². The van der Waals surface area contributed by atoms with Crippen molar-refractivity contribution in [1.82, 2.24) is 9.55 Å². The van der Waals surface area contributed by atoms with Crippen LogP contribution in [0.2, 0.25) is 0 Å². The monoisotopic (exact) mass is 402 g/mol. The molecule has 150 valence electrons. The van der Waals surface area contributed by atoms with Crippen LogP contribution in [0.5, 0.6) is 0 Å². The number of fused-ring (bicyclic) bond motifs is 1. The molecule has 2 heterocycles. The van der Waals surface area contributed by atoms with Crippen LogP contribution in [0.1, 0.15) is 42.0 Å². The highest BCUT2D eigenvalue weighted by molar-refractivity contribution is 5.99. The molecule has 1 aromatic heterocycles. The molecule has 0 saturated heterocycles. The summed E-state index contributed by atoms with van der Waals surface area (Å²) in [5, 5.41) is 35.2. The van der Waals surface area contributed by atoms with Gasteiger partial charge in [0.15, 0.2) is 5.82 Å². The Kier molecular flexibility index (Phi) is 5.04. The number of hydrogen-bond donors (Lipinski definition) is 2. The number of carboxylic acids is 1. The summed E-state index contributed by atoms with van der Waals surface area (Å²) < 4.78 is 1.22. The van der Waals surface area contributed by atoms with Gasteiger partial charge in [-0.15, -0.1) is 0 Å². The van der Waals surface area contributed by atoms with E-state index in [4.69, 9.17) is 5.11 Å². The molecule has 13 heteroatoms. The van der Waals surface area contributed by atoms with Crippen molar-refractivity contribution >= 4 is 28.7 Å². The number of nitrogens with one attached hydrogen (secondary N) is 1. The molecule has 3 rings (SSSR count). The van der Waals surface area contributed by atoms with Crippen LogP contribution in [-0.4, -0.2) is 36.2 Å². The molecule has 0 radical (unpaired) electrons. The van der Waals surface area contributed by atoms with E-state index >= 15 is 0 Å². The third kappa shape index (κ3) is 3.65. The number of hydrazone groups is 1. The Morgan fingerprint density at radius 1 is 1.34 bits per heavy atom. The van der Waals surface area contributed by atoms with Crippen LogP contribution >= 0.6 is 0 Å². The predicted octanol–water partition coefficient (Wildman–Crippen LogP) is 1.93. The Morgan fingerprint density at radius 3 is 2.69 bits per heavy atom. The molecule has 1 aromatic carbocycles. The summed E-state index contributed by atoms with van der Waals surface area (Å²) in [7, 11) is 0. The number of benzene rings is 1. The molecule has 0 amide bonds. The number of nitrogens with zero attached hydrogens (tertiary/aromatic N) is 5. The van der Waals surface area contributed by atoms with Crippen molar-refractivity contribution in [3.63, 3.8) is 0 Å². The van der Waals surface area contributed by atoms with Gasteiger partial charge in [-0.25, -0.2) is 9.78 Å². The predicted molar refractivity (Wildman–Crippen MR) is 99.3 cm³/mol. The number of aromatic nitrogens is 2. The second kappa shape index (κ2) is 7.46. The van der Waals surface area contributed by atoms with Gasteiger partial charge in [0.2, 0.25) is 0 Å². The molecule has 0 bridgehead atoms. The lowest BCUT2D eigenvalue weighted by Gasteiger charge is -2.25. The molecule has 13 nitrogen and oxygen atoms in total. The summed E-state index contributed by atoms with van der Waals surface area (Å²) in [6.45, 7) is 1.74. The molecule has 1 aliphatic heterocycles. The second-order valence-electron chi connectivity index (χ2n) is 6.25. The van der Waals surface area contributed by atoms with E-state index in [0.29, 0.717) is 18.6 Å². The van der Waals surface area contributed by atoms with Gasteiger partial charge in [0, 0.05) is 18.3 Å². The van der Waals surface area contributed by atoms with E-state index in [-0.39, 0.29) is 17.6 Å². The molecule has 1 atom stereocenters. The number of non-ortho nitro benzene ring substituents is 1. The van der Waals surface area contributed by atoms with Crippen molar-refractivity contribution in [3.05, 3.63) is 66.4 Å². The Morgan fingerprint density at radius 2 is 2.07 bits per heavy atom. The zero-order valence-corrected chi connectivity index (χ0v) is 14.9. The number of carboxylic acid groups (broad SMARTS) is 1. The van der Waals surface area contributed by atoms with Gasteiger partial charge < -0.3 is 5.11 Å². The minimum atomic E-state index is -1.39. The lowest BCUT2D eigenvalue weighted by molar-refractivity contribution is -0.393. The molecule has 0 fully saturated rings. The first-order valence-electron chi connectivity index (χ1n) is 8.31. The number of carbonyl (C=O) groups is 1. The number of anilines is 1. The maximum atomic E-state index is 12.4. The summed E-state index contributed by atoms with van der Waals surface area (Å²) in [4.78, 5) is 48.1. The maximum Gasteiger partial charge on any atom is 0.342 e. The average molecular weight is 402 g/mol. The van der Waals surface area contributed by atoms with E-state index in [1.165, 1.54) is 4.57 Å². The maximum absolute atomic E-state index is 12.4. The van der Waals surface area contributed by atoms with Gasteiger partial charge in [-0.05, 0) is 25.8 Å². The molecule has 2 aromatic rings. The number of nitro groups is 2. The Labute approximate surface area is 161 Å². The van der Waals surface area contributed by atoms with Gasteiger partial charge in [-0.1, -0.05) is 0 Å². The lowest BCUT2D eigenvalue weighted by Crippen LogP contribution is -2.37. The fourth-order valence-corrected chi connectivity index (χ4v) is 2.94. The van der Waals surface area contributed by atoms with E-state index in [1.54, 1.807) is 6.92 Å². The van der Waals surface area contributed by atoms with Gasteiger partial charge in [0.05, 0.1) is 15.9 Å². The van der Waals surface area contributed by atoms with E-state index in [1.807, 2.05) is 0 Å². The highest BCUT2D eigenvalue weighted by Gasteiger charge is 2.27. The lowest BCUT2D eigenvalue weighted by atomic mass is 10.0. The summed E-state index contributed by atoms with van der Waals surface area (Å²) in [6, 6.07) is 2.74. The third-order valence-electron chi connectivity index (χ3n) is 4.42. The number of hydrogen-bond acceptors (Lipinski definition) is 9. The number of rotatable bonds is 5. The molecule has 29 heavy (non-hydrogen) atoms. The fraction of sp³-hybridized carbons (Fsp3) is 0.250. The molecular weight excluding hydrogens is 388 g/mol. The van der Waals surface area contributed by atoms with Gasteiger partial charge >= 0.3 is 11.7 Å². The summed E-state index contributed by atoms with van der Waals surface area (Å²) in [5.41, 5.74) is 0.534. The molecule has 0 aliphatic carbocycles. The van der Waals surface area contributed by atoms with Crippen LogP contribution in [0.4, 0.5) is 17.1 Å². The van der Waals surface area contributed by atoms with Crippen LogP contribution in [0.15, 0.2) is 34.3 Å². The van der Waals surface area contributed by atoms with Crippen LogP contribution in [0, 0.1) is 20.2 Å². The van der Waals surface area contributed by atoms with E-state index in [0.717, 1.165) is 24.4 Å². The normalized spacial score (nSPS) is 16.9. The first-order chi connectivity index (χ1) is 13.7. The average Bonchev–Trinajstić information content (AvgIpc) is 2.67. The summed E-state index contributed by atoms with van der Waals surface area (Å²) in [6.07, 6.45) is 1.80. The fourth-order valence-electron chi connectivity index (χ4n) is 2.94. The van der Waals surface area contributed by atoms with Crippen molar-refractivity contribution in [1.29, 1.82) is 0 Å². The quantitative estimate of drug-likeness (QED) is 0.557. The standard InChI is InChI=1S/C16H14N6O7/c1-8-2-4-12(14-17-7-10(16(24)25)15(23)20(8)14)19-18-11-5-3-9(21(26)27)6-13(11)22(28)29/h3,5-8,18H,2,4H2,1H3,(H,24,25). The minimum Gasteiger partial charge on any atom is -0.477 e. The summed E-state index contributed by atoms with van der Waals surface area (Å²) in [5.74, 6) is -1.25. The van der Waals surface area contributed by atoms with Crippen molar-refractivity contribution in [2.75, 3.05) is 5.43 Å². The first-order valence-corrected chi connectivity index (χ1v) is 8.31. The zero-order chi connectivity index (χ0) is 21.3. The SMILES string of the molecule is CC1CCC(=NNc2ccc([N+](=O)[O-])cc2[N+](=O)[O-])c2ncc(C(=O)O)c(=O)n21. The van der Waals surface area contributed by atoms with Gasteiger partial charge in [-0.2, -0.15) is 5.10 Å². The highest BCUT2D eigenvalue weighted by Crippen LogP contribution is 2.29. The molecular formula is C16H14N6O7. The Balaban J connectivity index is 2.02. The molecule has 1 aliphatic rings. The molecule has 0 saturated carbocycles. The van der Waals surface area contributed by atoms with Gasteiger partial charge in [0.25, 0.3) is 11.2 Å². The third-order valence-corrected chi connectivity index (χ3v) is 4.42. The Hall–Kier alpha value is -4.16. The van der Waals surface area contributed by atoms with Crippen LogP contribution in [-0.2, 0) is 0 Å². The first kappa shape index (κ1) is 19.6. The van der Waals surface area contributed by atoms with Crippen LogP contribution in [0.25, 0.3) is 0 Å².